The molecule has 2 rings (SSSR count). The first kappa shape index (κ1) is 18.8. The largest absolute Gasteiger partial charge is 0.457 e. The molecule has 0 aromatic heterocycles. The SMILES string of the molecule is C.Cl.Cl.O=Cc1ccc(Oc2ccccc2)cc1. The highest BCUT2D eigenvalue weighted by atomic mass is 35.5. The number of carbonyl (C=O) groups excluding carboxylic acids is 1. The monoisotopic (exact) mass is 286 g/mol. The van der Waals surface area contributed by atoms with Gasteiger partial charge in [-0.1, -0.05) is 25.6 Å². The predicted octanol–water partition coefficient (Wildman–Crippen LogP) is 4.77. The van der Waals surface area contributed by atoms with Crippen LogP contribution in [0.3, 0.4) is 0 Å². The highest BCUT2D eigenvalue weighted by molar-refractivity contribution is 5.85. The molecule has 0 N–H and O–H groups in total. The van der Waals surface area contributed by atoms with Gasteiger partial charge >= 0.3 is 0 Å². The molecule has 18 heavy (non-hydrogen) atoms. The lowest BCUT2D eigenvalue weighted by atomic mass is 10.2. The lowest BCUT2D eigenvalue weighted by Gasteiger charge is -2.04. The Morgan fingerprint density at radius 1 is 0.778 bits per heavy atom. The van der Waals surface area contributed by atoms with Crippen LogP contribution in [0.2, 0.25) is 0 Å². The van der Waals surface area contributed by atoms with Crippen molar-refractivity contribution in [2.75, 3.05) is 0 Å². The van der Waals surface area contributed by atoms with E-state index in [0.717, 1.165) is 17.8 Å². The molecular weight excluding hydrogens is 271 g/mol. The molecule has 98 valence electrons. The fraction of sp³-hybridized carbons (Fsp3) is 0.0714. The minimum absolute atomic E-state index is 0. The van der Waals surface area contributed by atoms with Crippen molar-refractivity contribution < 1.29 is 9.53 Å². The molecule has 0 radical (unpaired) electrons. The summed E-state index contributed by atoms with van der Waals surface area (Å²) in [7, 11) is 0. The van der Waals surface area contributed by atoms with Crippen LogP contribution in [0.15, 0.2) is 54.6 Å². The van der Waals surface area contributed by atoms with Crippen molar-refractivity contribution in [3.63, 3.8) is 0 Å². The zero-order valence-electron chi connectivity index (χ0n) is 8.91. The third-order valence-corrected chi connectivity index (χ3v) is 2.00. The van der Waals surface area contributed by atoms with Gasteiger partial charge in [-0.2, -0.15) is 0 Å². The average Bonchev–Trinajstić information content (AvgIpc) is 2.31. The summed E-state index contributed by atoms with van der Waals surface area (Å²) in [5, 5.41) is 0. The Kier molecular flexibility index (Phi) is 9.96. The summed E-state index contributed by atoms with van der Waals surface area (Å²) >= 11 is 0. The first-order chi connectivity index (χ1) is 7.38. The topological polar surface area (TPSA) is 26.3 Å². The fourth-order valence-electron chi connectivity index (χ4n) is 1.24. The number of ether oxygens (including phenoxy) is 1. The van der Waals surface area contributed by atoms with Gasteiger partial charge in [-0.05, 0) is 36.4 Å². The van der Waals surface area contributed by atoms with Gasteiger partial charge in [0.2, 0.25) is 0 Å². The molecule has 0 aliphatic rings. The summed E-state index contributed by atoms with van der Waals surface area (Å²) in [5.41, 5.74) is 0.649. The zero-order chi connectivity index (χ0) is 10.5. The molecule has 2 nitrogen and oxygen atoms in total. The van der Waals surface area contributed by atoms with Crippen LogP contribution in [0.5, 0.6) is 11.5 Å². The van der Waals surface area contributed by atoms with Crippen molar-refractivity contribution in [3.8, 4) is 11.5 Å². The van der Waals surface area contributed by atoms with Crippen molar-refractivity contribution in [1.82, 2.24) is 0 Å². The van der Waals surface area contributed by atoms with Crippen LogP contribution < -0.4 is 4.74 Å². The zero-order valence-corrected chi connectivity index (χ0v) is 10.5. The van der Waals surface area contributed by atoms with E-state index >= 15 is 0 Å². The standard InChI is InChI=1S/C13H10O2.CH4.2ClH/c14-10-11-6-8-13(9-7-11)15-12-4-2-1-3-5-12;;;/h1-10H;1H4;2*1H. The Hall–Kier alpha value is -1.51. The molecule has 0 aliphatic heterocycles. The van der Waals surface area contributed by atoms with Gasteiger partial charge in [0.05, 0.1) is 0 Å². The van der Waals surface area contributed by atoms with Gasteiger partial charge in [-0.3, -0.25) is 4.79 Å². The summed E-state index contributed by atoms with van der Waals surface area (Å²) in [6, 6.07) is 16.5. The maximum atomic E-state index is 10.4. The summed E-state index contributed by atoms with van der Waals surface area (Å²) in [6.45, 7) is 0. The highest BCUT2D eigenvalue weighted by Gasteiger charge is 1.95. The van der Waals surface area contributed by atoms with Gasteiger partial charge in [-0.15, -0.1) is 24.8 Å². The Morgan fingerprint density at radius 2 is 1.28 bits per heavy atom. The minimum atomic E-state index is 0. The van der Waals surface area contributed by atoms with Crippen LogP contribution in [0.25, 0.3) is 0 Å². The molecule has 0 saturated heterocycles. The molecule has 0 heterocycles. The Bertz CT molecular complexity index is 441. The molecule has 0 spiro atoms. The molecule has 0 fully saturated rings. The summed E-state index contributed by atoms with van der Waals surface area (Å²) in [5.74, 6) is 1.52. The fourth-order valence-corrected chi connectivity index (χ4v) is 1.24. The number of halogens is 2. The number of hydrogen-bond donors (Lipinski definition) is 0. The van der Waals surface area contributed by atoms with Crippen molar-refractivity contribution >= 4 is 31.1 Å². The van der Waals surface area contributed by atoms with E-state index in [1.807, 2.05) is 30.3 Å². The lowest BCUT2D eigenvalue weighted by Crippen LogP contribution is -1.84. The van der Waals surface area contributed by atoms with E-state index in [-0.39, 0.29) is 32.2 Å². The van der Waals surface area contributed by atoms with Gasteiger partial charge < -0.3 is 4.74 Å². The second-order valence-electron chi connectivity index (χ2n) is 3.10. The molecule has 0 unspecified atom stereocenters. The smallest absolute Gasteiger partial charge is 0.150 e. The van der Waals surface area contributed by atoms with Crippen molar-refractivity contribution in [2.24, 2.45) is 0 Å². The highest BCUT2D eigenvalue weighted by Crippen LogP contribution is 2.20. The predicted molar refractivity (Wildman–Crippen MR) is 79.6 cm³/mol. The van der Waals surface area contributed by atoms with Crippen molar-refractivity contribution in [3.05, 3.63) is 60.2 Å². The molecule has 2 aromatic rings. The van der Waals surface area contributed by atoms with Gasteiger partial charge in [0.15, 0.2) is 0 Å². The van der Waals surface area contributed by atoms with E-state index < -0.39 is 0 Å². The molecule has 4 heteroatoms. The Morgan fingerprint density at radius 3 is 1.78 bits per heavy atom. The minimum Gasteiger partial charge on any atom is -0.457 e. The first-order valence-electron chi connectivity index (χ1n) is 4.66. The summed E-state index contributed by atoms with van der Waals surface area (Å²) < 4.78 is 5.56. The summed E-state index contributed by atoms with van der Waals surface area (Å²) in [4.78, 5) is 10.4. The van der Waals surface area contributed by atoms with E-state index in [2.05, 4.69) is 0 Å². The summed E-state index contributed by atoms with van der Waals surface area (Å²) in [6.07, 6.45) is 0.812. The number of para-hydroxylation sites is 1. The van der Waals surface area contributed by atoms with E-state index in [1.165, 1.54) is 0 Å². The Balaban J connectivity index is 0. The quantitative estimate of drug-likeness (QED) is 0.760. The molecule has 0 atom stereocenters. The Labute approximate surface area is 120 Å². The second kappa shape index (κ2) is 9.51. The third-order valence-electron chi connectivity index (χ3n) is 2.00. The molecule has 2 aromatic carbocycles. The number of hydrogen-bond acceptors (Lipinski definition) is 2. The lowest BCUT2D eigenvalue weighted by molar-refractivity contribution is 0.112. The maximum absolute atomic E-state index is 10.4. The van der Waals surface area contributed by atoms with Crippen LogP contribution in [0.4, 0.5) is 0 Å². The molecular formula is C14H16Cl2O2. The van der Waals surface area contributed by atoms with Crippen LogP contribution in [-0.2, 0) is 0 Å². The van der Waals surface area contributed by atoms with Crippen molar-refractivity contribution in [2.45, 2.75) is 7.43 Å². The van der Waals surface area contributed by atoms with Crippen molar-refractivity contribution in [1.29, 1.82) is 0 Å². The van der Waals surface area contributed by atoms with Crippen LogP contribution in [-0.4, -0.2) is 6.29 Å². The second-order valence-corrected chi connectivity index (χ2v) is 3.10. The number of aldehydes is 1. The van der Waals surface area contributed by atoms with E-state index in [4.69, 9.17) is 4.74 Å². The number of rotatable bonds is 3. The van der Waals surface area contributed by atoms with Gasteiger partial charge in [-0.25, -0.2) is 0 Å². The van der Waals surface area contributed by atoms with E-state index in [1.54, 1.807) is 24.3 Å². The van der Waals surface area contributed by atoms with Gasteiger partial charge in [0.1, 0.15) is 17.8 Å². The molecule has 0 aliphatic carbocycles. The molecule has 0 amide bonds. The number of benzene rings is 2. The van der Waals surface area contributed by atoms with E-state index in [0.29, 0.717) is 5.56 Å². The third kappa shape index (κ3) is 5.21. The van der Waals surface area contributed by atoms with Crippen LogP contribution in [0, 0.1) is 0 Å². The number of carbonyl (C=O) groups is 1. The first-order valence-corrected chi connectivity index (χ1v) is 4.66. The molecule has 0 bridgehead atoms. The normalized spacial score (nSPS) is 8.00. The molecule has 0 saturated carbocycles. The van der Waals surface area contributed by atoms with Gasteiger partial charge in [0.25, 0.3) is 0 Å². The van der Waals surface area contributed by atoms with E-state index in [9.17, 15) is 4.79 Å². The average molecular weight is 287 g/mol. The van der Waals surface area contributed by atoms with Crippen LogP contribution >= 0.6 is 24.8 Å². The maximum Gasteiger partial charge on any atom is 0.150 e. The van der Waals surface area contributed by atoms with Crippen LogP contribution in [0.1, 0.15) is 17.8 Å². The van der Waals surface area contributed by atoms with Gasteiger partial charge in [0, 0.05) is 5.56 Å².